The molecular formula is C42H34N4O. The Morgan fingerprint density at radius 1 is 0.894 bits per heavy atom. The molecule has 0 amide bonds. The standard InChI is InChI=1S/C42H34N4O/c1-28-21-30(26-43)23-33(22-28)39(25-38(44)31-9-3-2-4-10-31)45-27-29-15-18-34(19-16-29)46-40-13-7-5-12-36(40)37-20-17-32(24-41(37)46)35-11-6-8-14-42(35)47/h2-20,22-25,28,47H,21,27,44H2,1H3. The van der Waals surface area contributed by atoms with Crippen molar-refractivity contribution in [3.8, 4) is 28.6 Å². The van der Waals surface area contributed by atoms with Gasteiger partial charge in [-0.05, 0) is 77.1 Å². The van der Waals surface area contributed by atoms with E-state index < -0.39 is 0 Å². The summed E-state index contributed by atoms with van der Waals surface area (Å²) < 4.78 is 2.28. The fourth-order valence-electron chi connectivity index (χ4n) is 6.39. The maximum atomic E-state index is 10.6. The predicted octanol–water partition coefficient (Wildman–Crippen LogP) is 9.51. The molecule has 1 aromatic heterocycles. The van der Waals surface area contributed by atoms with E-state index in [0.717, 1.165) is 67.6 Å². The predicted molar refractivity (Wildman–Crippen MR) is 193 cm³/mol. The van der Waals surface area contributed by atoms with Gasteiger partial charge < -0.3 is 15.4 Å². The Balaban J connectivity index is 1.26. The normalized spacial score (nSPS) is 15.4. The summed E-state index contributed by atoms with van der Waals surface area (Å²) in [6.45, 7) is 2.57. The fourth-order valence-corrected chi connectivity index (χ4v) is 6.39. The van der Waals surface area contributed by atoms with Gasteiger partial charge in [-0.1, -0.05) is 104 Å². The SMILES string of the molecule is CC1C=C(C(C=C(N)c2ccccc2)=NCc2ccc(-n3c4ccccc4c4ccc(-c5ccccc5O)cc43)cc2)C=C(C#N)C1. The summed E-state index contributed by atoms with van der Waals surface area (Å²) in [5, 5.41) is 22.5. The topological polar surface area (TPSA) is 87.3 Å². The molecule has 228 valence electrons. The first kappa shape index (κ1) is 29.6. The van der Waals surface area contributed by atoms with Crippen LogP contribution >= 0.6 is 0 Å². The largest absolute Gasteiger partial charge is 0.507 e. The highest BCUT2D eigenvalue weighted by Crippen LogP contribution is 2.37. The molecule has 1 unspecified atom stereocenters. The molecular weight excluding hydrogens is 576 g/mol. The fraction of sp³-hybridized carbons (Fsp3) is 0.0952. The van der Waals surface area contributed by atoms with Gasteiger partial charge >= 0.3 is 0 Å². The molecule has 0 fully saturated rings. The number of fused-ring (bicyclic) bond motifs is 3. The van der Waals surface area contributed by atoms with E-state index in [1.54, 1.807) is 6.07 Å². The number of nitrogens with two attached hydrogens (primary N) is 1. The third-order valence-corrected chi connectivity index (χ3v) is 8.69. The molecule has 47 heavy (non-hydrogen) atoms. The lowest BCUT2D eigenvalue weighted by Gasteiger charge is -2.16. The number of aromatic hydroxyl groups is 1. The number of nitriles is 1. The molecule has 0 saturated carbocycles. The minimum atomic E-state index is 0.234. The van der Waals surface area contributed by atoms with Crippen molar-refractivity contribution in [3.63, 3.8) is 0 Å². The van der Waals surface area contributed by atoms with E-state index in [4.69, 9.17) is 10.7 Å². The van der Waals surface area contributed by atoms with Crippen molar-refractivity contribution in [2.75, 3.05) is 0 Å². The molecule has 0 aliphatic heterocycles. The van der Waals surface area contributed by atoms with Crippen molar-refractivity contribution in [1.82, 2.24) is 4.57 Å². The van der Waals surface area contributed by atoms with Crippen molar-refractivity contribution in [1.29, 1.82) is 5.26 Å². The second-order valence-electron chi connectivity index (χ2n) is 12.0. The Labute approximate surface area is 274 Å². The summed E-state index contributed by atoms with van der Waals surface area (Å²) >= 11 is 0. The lowest BCUT2D eigenvalue weighted by Crippen LogP contribution is -2.10. The summed E-state index contributed by atoms with van der Waals surface area (Å²) in [4.78, 5) is 5.04. The molecule has 0 saturated heterocycles. The molecule has 0 bridgehead atoms. The van der Waals surface area contributed by atoms with E-state index in [1.807, 2.05) is 60.7 Å². The Hall–Kier alpha value is -6.12. The molecule has 5 aromatic carbocycles. The third kappa shape index (κ3) is 5.97. The Bertz CT molecular complexity index is 2280. The first-order chi connectivity index (χ1) is 23.0. The Morgan fingerprint density at radius 3 is 2.40 bits per heavy atom. The van der Waals surface area contributed by atoms with Gasteiger partial charge in [-0.2, -0.15) is 5.26 Å². The monoisotopic (exact) mass is 610 g/mol. The number of aliphatic imine (C=N–C) groups is 1. The molecule has 0 radical (unpaired) electrons. The van der Waals surface area contributed by atoms with Gasteiger partial charge in [-0.25, -0.2) is 0 Å². The maximum absolute atomic E-state index is 10.6. The molecule has 1 atom stereocenters. The summed E-state index contributed by atoms with van der Waals surface area (Å²) in [6, 6.07) is 42.9. The van der Waals surface area contributed by atoms with Crippen LogP contribution in [-0.2, 0) is 6.54 Å². The van der Waals surface area contributed by atoms with Crippen molar-refractivity contribution in [2.45, 2.75) is 19.9 Å². The quantitative estimate of drug-likeness (QED) is 0.177. The third-order valence-electron chi connectivity index (χ3n) is 8.69. The van der Waals surface area contributed by atoms with Crippen LogP contribution in [-0.4, -0.2) is 15.4 Å². The summed E-state index contributed by atoms with van der Waals surface area (Å²) in [5.74, 6) is 0.495. The second-order valence-corrected chi connectivity index (χ2v) is 12.0. The highest BCUT2D eigenvalue weighted by Gasteiger charge is 2.16. The van der Waals surface area contributed by atoms with Crippen LogP contribution < -0.4 is 5.73 Å². The average Bonchev–Trinajstić information content (AvgIpc) is 3.44. The van der Waals surface area contributed by atoms with E-state index in [9.17, 15) is 10.4 Å². The van der Waals surface area contributed by atoms with Gasteiger partial charge in [-0.15, -0.1) is 0 Å². The summed E-state index contributed by atoms with van der Waals surface area (Å²) in [7, 11) is 0. The van der Waals surface area contributed by atoms with Crippen LogP contribution in [0.3, 0.4) is 0 Å². The van der Waals surface area contributed by atoms with Crippen molar-refractivity contribution >= 4 is 33.2 Å². The van der Waals surface area contributed by atoms with Gasteiger partial charge in [0.1, 0.15) is 5.75 Å². The van der Waals surface area contributed by atoms with Crippen molar-refractivity contribution < 1.29 is 5.11 Å². The van der Waals surface area contributed by atoms with Gasteiger partial charge in [-0.3, -0.25) is 4.99 Å². The summed E-state index contributed by atoms with van der Waals surface area (Å²) in [6.07, 6.45) is 6.74. The number of phenolic OH excluding ortho intramolecular Hbond substituents is 1. The minimum absolute atomic E-state index is 0.234. The summed E-state index contributed by atoms with van der Waals surface area (Å²) in [5.41, 5.74) is 16.6. The van der Waals surface area contributed by atoms with Gasteiger partial charge in [0, 0.05) is 33.3 Å². The zero-order valence-corrected chi connectivity index (χ0v) is 26.1. The average molecular weight is 611 g/mol. The van der Waals surface area contributed by atoms with Crippen LogP contribution in [0.4, 0.5) is 0 Å². The number of phenols is 1. The van der Waals surface area contributed by atoms with Crippen LogP contribution in [0.1, 0.15) is 24.5 Å². The van der Waals surface area contributed by atoms with Gasteiger partial charge in [0.25, 0.3) is 0 Å². The van der Waals surface area contributed by atoms with Crippen LogP contribution in [0, 0.1) is 17.2 Å². The lowest BCUT2D eigenvalue weighted by molar-refractivity contribution is 0.477. The number of hydrogen-bond acceptors (Lipinski definition) is 4. The minimum Gasteiger partial charge on any atom is -0.507 e. The molecule has 7 rings (SSSR count). The lowest BCUT2D eigenvalue weighted by atomic mass is 9.89. The number of rotatable bonds is 7. The molecule has 5 nitrogen and oxygen atoms in total. The number of aromatic nitrogens is 1. The Morgan fingerprint density at radius 2 is 1.62 bits per heavy atom. The first-order valence-electron chi connectivity index (χ1n) is 15.8. The van der Waals surface area contributed by atoms with Gasteiger partial charge in [0.2, 0.25) is 0 Å². The van der Waals surface area contributed by atoms with Crippen LogP contribution in [0.2, 0.25) is 0 Å². The molecule has 1 aliphatic rings. The zero-order valence-electron chi connectivity index (χ0n) is 26.1. The highest BCUT2D eigenvalue weighted by atomic mass is 16.3. The van der Waals surface area contributed by atoms with Crippen LogP contribution in [0.5, 0.6) is 5.75 Å². The molecule has 1 heterocycles. The van der Waals surface area contributed by atoms with Crippen LogP contribution in [0.25, 0.3) is 44.3 Å². The van der Waals surface area contributed by atoms with Gasteiger partial charge in [0.05, 0.1) is 29.4 Å². The van der Waals surface area contributed by atoms with Crippen molar-refractivity contribution in [3.05, 3.63) is 162 Å². The zero-order chi connectivity index (χ0) is 32.3. The highest BCUT2D eigenvalue weighted by molar-refractivity contribution is 6.14. The molecule has 1 aliphatic carbocycles. The van der Waals surface area contributed by atoms with E-state index in [2.05, 4.69) is 90.4 Å². The second kappa shape index (κ2) is 12.7. The van der Waals surface area contributed by atoms with Crippen molar-refractivity contribution in [2.24, 2.45) is 16.6 Å². The molecule has 0 spiro atoms. The number of benzene rings is 5. The smallest absolute Gasteiger partial charge is 0.123 e. The molecule has 6 aromatic rings. The van der Waals surface area contributed by atoms with E-state index >= 15 is 0 Å². The number of hydrogen-bond donors (Lipinski definition) is 2. The number of allylic oxidation sites excluding steroid dienone is 5. The maximum Gasteiger partial charge on any atom is 0.123 e. The first-order valence-corrected chi connectivity index (χ1v) is 15.8. The van der Waals surface area contributed by atoms with Crippen LogP contribution in [0.15, 0.2) is 156 Å². The molecule has 3 N–H and O–H groups in total. The Kier molecular flexibility index (Phi) is 8.00. The van der Waals surface area contributed by atoms with E-state index in [0.29, 0.717) is 12.2 Å². The molecule has 5 heteroatoms. The van der Waals surface area contributed by atoms with E-state index in [1.165, 1.54) is 5.39 Å². The van der Waals surface area contributed by atoms with E-state index in [-0.39, 0.29) is 11.7 Å². The van der Waals surface area contributed by atoms with Gasteiger partial charge in [0.15, 0.2) is 0 Å². The number of para-hydroxylation sites is 2. The number of nitrogens with zero attached hydrogens (tertiary/aromatic N) is 3.